The molecule has 0 aromatic heterocycles. The molecular weight excluding hydrogens is 174 g/mol. The first kappa shape index (κ1) is 11.7. The Morgan fingerprint density at radius 1 is 1.29 bits per heavy atom. The number of hydrogen-bond acceptors (Lipinski definition) is 2. The number of nitrogens with zero attached hydrogens (tertiary/aromatic N) is 1. The molecule has 2 unspecified atom stereocenters. The Hall–Kier alpha value is -0.370. The van der Waals surface area contributed by atoms with E-state index in [1.807, 2.05) is 13.8 Å². The van der Waals surface area contributed by atoms with E-state index in [4.69, 9.17) is 0 Å². The van der Waals surface area contributed by atoms with Crippen molar-refractivity contribution in [2.24, 2.45) is 17.3 Å². The van der Waals surface area contributed by atoms with E-state index in [0.29, 0.717) is 0 Å². The smallest absolute Gasteiger partial charge is 0.126 e. The second-order valence-electron chi connectivity index (χ2n) is 5.75. The molecule has 1 aliphatic rings. The molecule has 2 nitrogen and oxygen atoms in total. The Labute approximate surface area is 87.7 Å². The van der Waals surface area contributed by atoms with Crippen molar-refractivity contribution in [3.8, 4) is 0 Å². The summed E-state index contributed by atoms with van der Waals surface area (Å²) in [4.78, 5) is 13.3. The van der Waals surface area contributed by atoms with Crippen molar-refractivity contribution in [1.82, 2.24) is 4.90 Å². The highest BCUT2D eigenvalue weighted by Crippen LogP contribution is 2.24. The lowest BCUT2D eigenvalue weighted by Gasteiger charge is -2.37. The van der Waals surface area contributed by atoms with Gasteiger partial charge >= 0.3 is 0 Å². The van der Waals surface area contributed by atoms with E-state index in [9.17, 15) is 4.79 Å². The van der Waals surface area contributed by atoms with E-state index in [0.717, 1.165) is 37.8 Å². The van der Waals surface area contributed by atoms with Crippen LogP contribution in [0.15, 0.2) is 0 Å². The summed E-state index contributed by atoms with van der Waals surface area (Å²) >= 11 is 0. The number of carbonyl (C=O) groups is 1. The summed E-state index contributed by atoms with van der Waals surface area (Å²) in [6.45, 7) is 11.9. The lowest BCUT2D eigenvalue weighted by molar-refractivity contribution is -0.116. The molecule has 14 heavy (non-hydrogen) atoms. The zero-order valence-corrected chi connectivity index (χ0v) is 9.92. The molecule has 0 amide bonds. The molecule has 1 fully saturated rings. The van der Waals surface area contributed by atoms with Crippen molar-refractivity contribution in [3.63, 3.8) is 0 Å². The first-order chi connectivity index (χ1) is 6.43. The molecule has 82 valence electrons. The standard InChI is InChI=1S/C12H23NO/c1-10-5-11(2)7-13(6-10)8-12(3,4)9-14/h9-11H,5-8H2,1-4H3. The van der Waals surface area contributed by atoms with Crippen molar-refractivity contribution in [2.75, 3.05) is 19.6 Å². The number of aldehydes is 1. The molecular formula is C12H23NO. The van der Waals surface area contributed by atoms with Crippen LogP contribution in [0.4, 0.5) is 0 Å². The molecule has 1 aliphatic heterocycles. The second kappa shape index (κ2) is 4.43. The number of rotatable bonds is 3. The van der Waals surface area contributed by atoms with Gasteiger partial charge in [-0.2, -0.15) is 0 Å². The maximum absolute atomic E-state index is 10.8. The van der Waals surface area contributed by atoms with Gasteiger partial charge in [0.25, 0.3) is 0 Å². The molecule has 2 atom stereocenters. The number of piperidine rings is 1. The Morgan fingerprint density at radius 3 is 2.21 bits per heavy atom. The SMILES string of the molecule is CC1CC(C)CN(CC(C)(C)C=O)C1. The van der Waals surface area contributed by atoms with E-state index in [-0.39, 0.29) is 5.41 Å². The van der Waals surface area contributed by atoms with Crippen molar-refractivity contribution >= 4 is 6.29 Å². The maximum Gasteiger partial charge on any atom is 0.126 e. The van der Waals surface area contributed by atoms with Crippen LogP contribution in [-0.2, 0) is 4.79 Å². The minimum Gasteiger partial charge on any atom is -0.303 e. The Bertz CT molecular complexity index is 190. The first-order valence-corrected chi connectivity index (χ1v) is 5.61. The minimum absolute atomic E-state index is 0.184. The van der Waals surface area contributed by atoms with Crippen LogP contribution >= 0.6 is 0 Å². The van der Waals surface area contributed by atoms with E-state index in [1.54, 1.807) is 0 Å². The van der Waals surface area contributed by atoms with Gasteiger partial charge in [-0.3, -0.25) is 0 Å². The number of hydrogen-bond donors (Lipinski definition) is 0. The van der Waals surface area contributed by atoms with Crippen LogP contribution in [0.3, 0.4) is 0 Å². The van der Waals surface area contributed by atoms with Crippen LogP contribution in [0.1, 0.15) is 34.1 Å². The van der Waals surface area contributed by atoms with E-state index in [2.05, 4.69) is 18.7 Å². The largest absolute Gasteiger partial charge is 0.303 e. The van der Waals surface area contributed by atoms with Crippen LogP contribution in [-0.4, -0.2) is 30.8 Å². The van der Waals surface area contributed by atoms with Gasteiger partial charge in [-0.1, -0.05) is 27.7 Å². The Kier molecular flexibility index (Phi) is 3.71. The van der Waals surface area contributed by atoms with Crippen LogP contribution in [0.25, 0.3) is 0 Å². The molecule has 0 saturated carbocycles. The molecule has 2 heteroatoms. The van der Waals surface area contributed by atoms with Gasteiger partial charge in [0.2, 0.25) is 0 Å². The van der Waals surface area contributed by atoms with Gasteiger partial charge in [-0.15, -0.1) is 0 Å². The van der Waals surface area contributed by atoms with Crippen molar-refractivity contribution < 1.29 is 4.79 Å². The second-order valence-corrected chi connectivity index (χ2v) is 5.75. The Balaban J connectivity index is 2.48. The monoisotopic (exact) mass is 197 g/mol. The quantitative estimate of drug-likeness (QED) is 0.646. The fraction of sp³-hybridized carbons (Fsp3) is 0.917. The van der Waals surface area contributed by atoms with Gasteiger partial charge in [0.15, 0.2) is 0 Å². The molecule has 1 heterocycles. The van der Waals surface area contributed by atoms with Crippen molar-refractivity contribution in [1.29, 1.82) is 0 Å². The van der Waals surface area contributed by atoms with E-state index >= 15 is 0 Å². The third kappa shape index (κ3) is 3.41. The fourth-order valence-electron chi connectivity index (χ4n) is 2.53. The molecule has 0 aromatic rings. The predicted octanol–water partition coefficient (Wildman–Crippen LogP) is 2.19. The predicted molar refractivity (Wildman–Crippen MR) is 59.2 cm³/mol. The van der Waals surface area contributed by atoms with Gasteiger partial charge < -0.3 is 9.69 Å². The molecule has 1 rings (SSSR count). The minimum atomic E-state index is -0.184. The highest BCUT2D eigenvalue weighted by Gasteiger charge is 2.26. The molecule has 0 bridgehead atoms. The van der Waals surface area contributed by atoms with Crippen LogP contribution < -0.4 is 0 Å². The lowest BCUT2D eigenvalue weighted by atomic mass is 9.88. The summed E-state index contributed by atoms with van der Waals surface area (Å²) in [6.07, 6.45) is 2.41. The van der Waals surface area contributed by atoms with Crippen LogP contribution in [0.2, 0.25) is 0 Å². The van der Waals surface area contributed by atoms with E-state index < -0.39 is 0 Å². The molecule has 0 N–H and O–H groups in total. The van der Waals surface area contributed by atoms with Crippen LogP contribution in [0.5, 0.6) is 0 Å². The average Bonchev–Trinajstić information content (AvgIpc) is 2.01. The number of carbonyl (C=O) groups excluding carboxylic acids is 1. The zero-order valence-electron chi connectivity index (χ0n) is 9.92. The Morgan fingerprint density at radius 2 is 1.79 bits per heavy atom. The molecule has 0 spiro atoms. The van der Waals surface area contributed by atoms with E-state index in [1.165, 1.54) is 6.42 Å². The summed E-state index contributed by atoms with van der Waals surface area (Å²) in [5, 5.41) is 0. The normalized spacial score (nSPS) is 30.3. The summed E-state index contributed by atoms with van der Waals surface area (Å²) < 4.78 is 0. The molecule has 0 radical (unpaired) electrons. The van der Waals surface area contributed by atoms with Gasteiger partial charge in [-0.05, 0) is 18.3 Å². The molecule has 0 aromatic carbocycles. The summed E-state index contributed by atoms with van der Waals surface area (Å²) in [6, 6.07) is 0. The summed E-state index contributed by atoms with van der Waals surface area (Å²) in [5.74, 6) is 1.56. The van der Waals surface area contributed by atoms with Gasteiger partial charge in [0, 0.05) is 25.0 Å². The van der Waals surface area contributed by atoms with Gasteiger partial charge in [-0.25, -0.2) is 0 Å². The lowest BCUT2D eigenvalue weighted by Crippen LogP contribution is -2.43. The molecule has 0 aliphatic carbocycles. The third-order valence-electron chi connectivity index (χ3n) is 2.89. The highest BCUT2D eigenvalue weighted by molar-refractivity contribution is 5.58. The summed E-state index contributed by atoms with van der Waals surface area (Å²) in [5.41, 5.74) is -0.184. The van der Waals surface area contributed by atoms with Crippen molar-refractivity contribution in [3.05, 3.63) is 0 Å². The number of likely N-dealkylation sites (tertiary alicyclic amines) is 1. The average molecular weight is 197 g/mol. The molecule has 1 saturated heterocycles. The van der Waals surface area contributed by atoms with Gasteiger partial charge in [0.05, 0.1) is 0 Å². The highest BCUT2D eigenvalue weighted by atomic mass is 16.1. The van der Waals surface area contributed by atoms with Crippen LogP contribution in [0, 0.1) is 17.3 Å². The van der Waals surface area contributed by atoms with Crippen molar-refractivity contribution in [2.45, 2.75) is 34.1 Å². The zero-order chi connectivity index (χ0) is 10.8. The first-order valence-electron chi connectivity index (χ1n) is 5.61. The summed E-state index contributed by atoms with van der Waals surface area (Å²) in [7, 11) is 0. The third-order valence-corrected chi connectivity index (χ3v) is 2.89. The topological polar surface area (TPSA) is 20.3 Å². The van der Waals surface area contributed by atoms with Gasteiger partial charge in [0.1, 0.15) is 6.29 Å². The maximum atomic E-state index is 10.8. The fourth-order valence-corrected chi connectivity index (χ4v) is 2.53.